The van der Waals surface area contributed by atoms with Gasteiger partial charge in [0.05, 0.1) is 18.8 Å². The molecule has 1 aliphatic heterocycles. The number of hydrogen-bond acceptors (Lipinski definition) is 5. The van der Waals surface area contributed by atoms with Crippen molar-refractivity contribution in [1.29, 1.82) is 0 Å². The molecule has 1 rings (SSSR count). The number of carbonyl (C=O) groups excluding carboxylic acids is 1. The van der Waals surface area contributed by atoms with Gasteiger partial charge in [0.25, 0.3) is 0 Å². The fraction of sp³-hybridized carbons (Fsp3) is 0.929. The number of nitrogens with zero attached hydrogens (tertiary/aromatic N) is 1. The molecule has 124 valence electrons. The number of carbonyl (C=O) groups is 1. The monoisotopic (exact) mass is 320 g/mol. The normalized spacial score (nSPS) is 20.0. The molecule has 0 amide bonds. The highest BCUT2D eigenvalue weighted by Crippen LogP contribution is 2.15. The first kappa shape index (κ1) is 18.4. The lowest BCUT2D eigenvalue weighted by atomic mass is 10.1. The first-order valence-corrected chi connectivity index (χ1v) is 9.36. The van der Waals surface area contributed by atoms with Gasteiger partial charge in [-0.3, -0.25) is 4.79 Å². The Hall–Kier alpha value is -0.660. The van der Waals surface area contributed by atoms with Crippen LogP contribution in [0.3, 0.4) is 0 Å². The third-order valence-corrected chi connectivity index (χ3v) is 5.62. The van der Waals surface area contributed by atoms with E-state index < -0.39 is 16.0 Å². The Kier molecular flexibility index (Phi) is 7.62. The highest BCUT2D eigenvalue weighted by Gasteiger charge is 2.28. The summed E-state index contributed by atoms with van der Waals surface area (Å²) in [5, 5.41) is 3.36. The number of esters is 1. The third-order valence-electron chi connectivity index (χ3n) is 3.62. The van der Waals surface area contributed by atoms with Crippen LogP contribution < -0.4 is 5.32 Å². The predicted molar refractivity (Wildman–Crippen MR) is 82.5 cm³/mol. The topological polar surface area (TPSA) is 75.7 Å². The van der Waals surface area contributed by atoms with Crippen molar-refractivity contribution in [3.63, 3.8) is 0 Å². The number of sulfonamides is 1. The standard InChI is InChI=1S/C14H28N2O4S/c1-4-20-14(17)8-10-21(18,19)16(12(2)3)11-13-7-5-6-9-15-13/h12-13,15H,4-11H2,1-3H3. The fourth-order valence-electron chi connectivity index (χ4n) is 2.51. The van der Waals surface area contributed by atoms with Crippen molar-refractivity contribution in [2.45, 2.75) is 58.5 Å². The van der Waals surface area contributed by atoms with E-state index >= 15 is 0 Å². The molecule has 0 saturated carbocycles. The van der Waals surface area contributed by atoms with Gasteiger partial charge < -0.3 is 10.1 Å². The van der Waals surface area contributed by atoms with E-state index in [-0.39, 0.29) is 30.9 Å². The maximum absolute atomic E-state index is 12.4. The molecule has 1 aliphatic rings. The predicted octanol–water partition coefficient (Wildman–Crippen LogP) is 1.12. The molecule has 1 unspecified atom stereocenters. The number of piperidine rings is 1. The Labute approximate surface area is 128 Å². The summed E-state index contributed by atoms with van der Waals surface area (Å²) in [6, 6.07) is 0.0967. The van der Waals surface area contributed by atoms with E-state index in [0.717, 1.165) is 25.8 Å². The van der Waals surface area contributed by atoms with Crippen molar-refractivity contribution in [3.8, 4) is 0 Å². The van der Waals surface area contributed by atoms with Crippen LogP contribution >= 0.6 is 0 Å². The van der Waals surface area contributed by atoms with Gasteiger partial charge in [-0.15, -0.1) is 0 Å². The van der Waals surface area contributed by atoms with E-state index in [0.29, 0.717) is 6.54 Å². The van der Waals surface area contributed by atoms with Gasteiger partial charge in [0.15, 0.2) is 0 Å². The van der Waals surface area contributed by atoms with Crippen LogP contribution in [0.2, 0.25) is 0 Å². The average Bonchev–Trinajstić information content (AvgIpc) is 2.44. The van der Waals surface area contributed by atoms with Gasteiger partial charge >= 0.3 is 5.97 Å². The first-order valence-electron chi connectivity index (χ1n) is 7.75. The Bertz CT molecular complexity index is 417. The summed E-state index contributed by atoms with van der Waals surface area (Å²) in [6.07, 6.45) is 3.19. The van der Waals surface area contributed by atoms with E-state index in [1.54, 1.807) is 6.92 Å². The lowest BCUT2D eigenvalue weighted by molar-refractivity contribution is -0.142. The second-order valence-corrected chi connectivity index (χ2v) is 7.72. The molecule has 1 atom stereocenters. The van der Waals surface area contributed by atoms with Crippen LogP contribution in [-0.2, 0) is 19.6 Å². The van der Waals surface area contributed by atoms with Crippen LogP contribution in [0.4, 0.5) is 0 Å². The molecule has 0 aliphatic carbocycles. The molecule has 1 N–H and O–H groups in total. The summed E-state index contributed by atoms with van der Waals surface area (Å²) >= 11 is 0. The van der Waals surface area contributed by atoms with E-state index in [1.807, 2.05) is 13.8 Å². The molecular formula is C14H28N2O4S. The number of ether oxygens (including phenoxy) is 1. The van der Waals surface area contributed by atoms with Crippen molar-refractivity contribution in [1.82, 2.24) is 9.62 Å². The number of hydrogen-bond donors (Lipinski definition) is 1. The summed E-state index contributed by atoms with van der Waals surface area (Å²) in [5.41, 5.74) is 0. The quantitative estimate of drug-likeness (QED) is 0.678. The minimum Gasteiger partial charge on any atom is -0.466 e. The van der Waals surface area contributed by atoms with Gasteiger partial charge in [-0.25, -0.2) is 8.42 Å². The zero-order valence-electron chi connectivity index (χ0n) is 13.3. The minimum absolute atomic E-state index is 0.0858. The smallest absolute Gasteiger partial charge is 0.306 e. The molecular weight excluding hydrogens is 292 g/mol. The second-order valence-electron chi connectivity index (χ2n) is 5.68. The zero-order chi connectivity index (χ0) is 15.9. The summed E-state index contributed by atoms with van der Waals surface area (Å²) in [6.45, 7) is 7.14. The van der Waals surface area contributed by atoms with Crippen molar-refractivity contribution >= 4 is 16.0 Å². The third kappa shape index (κ3) is 6.32. The van der Waals surface area contributed by atoms with E-state index in [2.05, 4.69) is 5.32 Å². The lowest BCUT2D eigenvalue weighted by Crippen LogP contribution is -2.49. The van der Waals surface area contributed by atoms with Gasteiger partial charge in [0.2, 0.25) is 10.0 Å². The fourth-order valence-corrected chi connectivity index (χ4v) is 4.21. The number of rotatable bonds is 8. The molecule has 6 nitrogen and oxygen atoms in total. The van der Waals surface area contributed by atoms with Crippen molar-refractivity contribution in [3.05, 3.63) is 0 Å². The molecule has 7 heteroatoms. The first-order chi connectivity index (χ1) is 9.86. The molecule has 0 bridgehead atoms. The zero-order valence-corrected chi connectivity index (χ0v) is 14.1. The SMILES string of the molecule is CCOC(=O)CCS(=O)(=O)N(CC1CCCCN1)C(C)C. The van der Waals surface area contributed by atoms with E-state index in [9.17, 15) is 13.2 Å². The summed E-state index contributed by atoms with van der Waals surface area (Å²) in [4.78, 5) is 11.4. The Morgan fingerprint density at radius 2 is 2.10 bits per heavy atom. The lowest BCUT2D eigenvalue weighted by Gasteiger charge is -2.32. The van der Waals surface area contributed by atoms with E-state index in [1.165, 1.54) is 4.31 Å². The summed E-state index contributed by atoms with van der Waals surface area (Å²) in [7, 11) is -3.44. The van der Waals surface area contributed by atoms with Crippen LogP contribution in [0.25, 0.3) is 0 Å². The van der Waals surface area contributed by atoms with Gasteiger partial charge in [-0.1, -0.05) is 6.42 Å². The summed E-state index contributed by atoms with van der Waals surface area (Å²) in [5.74, 6) is -0.642. The molecule has 0 aromatic carbocycles. The van der Waals surface area contributed by atoms with Crippen LogP contribution in [0.1, 0.15) is 46.5 Å². The van der Waals surface area contributed by atoms with Crippen molar-refractivity contribution in [2.75, 3.05) is 25.4 Å². The highest BCUT2D eigenvalue weighted by atomic mass is 32.2. The number of nitrogens with one attached hydrogen (secondary N) is 1. The summed E-state index contributed by atoms with van der Waals surface area (Å²) < 4.78 is 31.2. The molecule has 0 aromatic heterocycles. The Morgan fingerprint density at radius 1 is 1.38 bits per heavy atom. The van der Waals surface area contributed by atoms with Crippen LogP contribution in [-0.4, -0.2) is 56.2 Å². The maximum Gasteiger partial charge on any atom is 0.306 e. The molecule has 1 heterocycles. The minimum atomic E-state index is -3.44. The van der Waals surface area contributed by atoms with Crippen LogP contribution in [0.5, 0.6) is 0 Å². The van der Waals surface area contributed by atoms with Gasteiger partial charge in [-0.2, -0.15) is 4.31 Å². The van der Waals surface area contributed by atoms with Crippen molar-refractivity contribution in [2.24, 2.45) is 0 Å². The van der Waals surface area contributed by atoms with Gasteiger partial charge in [0, 0.05) is 18.6 Å². The highest BCUT2D eigenvalue weighted by molar-refractivity contribution is 7.89. The molecule has 1 fully saturated rings. The largest absolute Gasteiger partial charge is 0.466 e. The van der Waals surface area contributed by atoms with Crippen LogP contribution in [0, 0.1) is 0 Å². The molecule has 21 heavy (non-hydrogen) atoms. The Balaban J connectivity index is 2.62. The Morgan fingerprint density at radius 3 is 2.62 bits per heavy atom. The van der Waals surface area contributed by atoms with Gasteiger partial charge in [-0.05, 0) is 40.2 Å². The molecule has 0 spiro atoms. The average molecular weight is 320 g/mol. The molecule has 1 saturated heterocycles. The van der Waals surface area contributed by atoms with Crippen LogP contribution in [0.15, 0.2) is 0 Å². The second kappa shape index (κ2) is 8.70. The van der Waals surface area contributed by atoms with Gasteiger partial charge in [0.1, 0.15) is 0 Å². The van der Waals surface area contributed by atoms with E-state index in [4.69, 9.17) is 4.74 Å². The maximum atomic E-state index is 12.4. The molecule has 0 aromatic rings. The molecule has 0 radical (unpaired) electrons. The van der Waals surface area contributed by atoms with Crippen molar-refractivity contribution < 1.29 is 17.9 Å².